The van der Waals surface area contributed by atoms with Gasteiger partial charge < -0.3 is 15.4 Å². The minimum absolute atomic E-state index is 0.0790. The van der Waals surface area contributed by atoms with Crippen molar-refractivity contribution in [1.29, 1.82) is 5.26 Å². The van der Waals surface area contributed by atoms with Gasteiger partial charge in [-0.1, -0.05) is 0 Å². The van der Waals surface area contributed by atoms with Crippen LogP contribution in [0.5, 0.6) is 11.6 Å². The number of aromatic nitrogens is 4. The first-order valence-electron chi connectivity index (χ1n) is 9.91. The maximum atomic E-state index is 13.6. The Morgan fingerprint density at radius 2 is 1.79 bits per heavy atom. The van der Waals surface area contributed by atoms with E-state index in [0.29, 0.717) is 29.9 Å². The second kappa shape index (κ2) is 8.32. The highest BCUT2D eigenvalue weighted by Gasteiger charge is 2.63. The predicted octanol–water partition coefficient (Wildman–Crippen LogP) is 3.13. The monoisotopic (exact) mass is 461 g/mol. The summed E-state index contributed by atoms with van der Waals surface area (Å²) < 4.78 is 61.6. The number of hydrogen-bond donors (Lipinski definition) is 1. The van der Waals surface area contributed by atoms with E-state index in [1.165, 1.54) is 23.9 Å². The van der Waals surface area contributed by atoms with Gasteiger partial charge in [0.1, 0.15) is 5.75 Å². The standard InChI is InChI=1S/C21H19F4N7O/c1-31-18(7-17(30-31)32-11-20(22,23)21(24,25)12-32)33-16-6-13(8-27)2-3-15(16)19-28-9-14(4-5-26)10-29-19/h2-3,6-7,9-10H,4-5,11-12,26H2,1H3. The molecule has 1 aliphatic rings. The van der Waals surface area contributed by atoms with Crippen molar-refractivity contribution in [1.82, 2.24) is 19.7 Å². The topological polar surface area (TPSA) is 106 Å². The lowest BCUT2D eigenvalue weighted by Crippen LogP contribution is -2.38. The summed E-state index contributed by atoms with van der Waals surface area (Å²) in [5.41, 5.74) is 7.16. The van der Waals surface area contributed by atoms with Crippen molar-refractivity contribution < 1.29 is 22.3 Å². The zero-order valence-electron chi connectivity index (χ0n) is 17.5. The molecule has 1 fully saturated rings. The first-order valence-corrected chi connectivity index (χ1v) is 9.91. The van der Waals surface area contributed by atoms with Gasteiger partial charge in [0, 0.05) is 25.5 Å². The van der Waals surface area contributed by atoms with Gasteiger partial charge in [-0.3, -0.25) is 0 Å². The Morgan fingerprint density at radius 1 is 1.12 bits per heavy atom. The minimum Gasteiger partial charge on any atom is -0.438 e. The summed E-state index contributed by atoms with van der Waals surface area (Å²) in [5.74, 6) is -7.76. The third-order valence-electron chi connectivity index (χ3n) is 5.17. The van der Waals surface area contributed by atoms with Gasteiger partial charge in [0.05, 0.1) is 30.3 Å². The highest BCUT2D eigenvalue weighted by molar-refractivity contribution is 5.66. The summed E-state index contributed by atoms with van der Waals surface area (Å²) in [6, 6.07) is 7.95. The van der Waals surface area contributed by atoms with Crippen LogP contribution in [0, 0.1) is 11.3 Å². The number of alkyl halides is 4. The first-order chi connectivity index (χ1) is 15.6. The maximum Gasteiger partial charge on any atom is 0.329 e. The zero-order valence-corrected chi connectivity index (χ0v) is 17.5. The van der Waals surface area contributed by atoms with Crippen LogP contribution < -0.4 is 15.4 Å². The van der Waals surface area contributed by atoms with Gasteiger partial charge in [-0.15, -0.1) is 0 Å². The largest absolute Gasteiger partial charge is 0.438 e. The van der Waals surface area contributed by atoms with Crippen LogP contribution in [-0.4, -0.2) is 51.2 Å². The Bertz CT molecular complexity index is 1190. The summed E-state index contributed by atoms with van der Waals surface area (Å²) in [6.45, 7) is -1.87. The molecule has 4 rings (SSSR count). The molecule has 1 aromatic carbocycles. The Morgan fingerprint density at radius 3 is 2.39 bits per heavy atom. The molecule has 1 aliphatic heterocycles. The molecule has 0 radical (unpaired) electrons. The smallest absolute Gasteiger partial charge is 0.329 e. The number of nitrogens with zero attached hydrogens (tertiary/aromatic N) is 6. The number of hydrogen-bond acceptors (Lipinski definition) is 7. The van der Waals surface area contributed by atoms with Gasteiger partial charge in [0.15, 0.2) is 11.6 Å². The molecule has 3 aromatic rings. The van der Waals surface area contributed by atoms with Crippen LogP contribution in [0.3, 0.4) is 0 Å². The number of rotatable bonds is 6. The van der Waals surface area contributed by atoms with E-state index in [-0.39, 0.29) is 17.4 Å². The molecule has 0 aliphatic carbocycles. The molecule has 172 valence electrons. The molecular weight excluding hydrogens is 442 g/mol. The average Bonchev–Trinajstić information content (AvgIpc) is 3.24. The normalized spacial score (nSPS) is 16.6. The van der Waals surface area contributed by atoms with Crippen LogP contribution in [0.25, 0.3) is 11.4 Å². The molecule has 0 saturated carbocycles. The molecule has 0 atom stereocenters. The summed E-state index contributed by atoms with van der Waals surface area (Å²) in [5, 5.41) is 13.3. The van der Waals surface area contributed by atoms with E-state index < -0.39 is 24.9 Å². The van der Waals surface area contributed by atoms with Gasteiger partial charge in [-0.05, 0) is 36.7 Å². The molecule has 33 heavy (non-hydrogen) atoms. The first kappa shape index (κ1) is 22.5. The van der Waals surface area contributed by atoms with Crippen LogP contribution in [0.4, 0.5) is 23.4 Å². The van der Waals surface area contributed by atoms with Crippen molar-refractivity contribution in [3.63, 3.8) is 0 Å². The SMILES string of the molecule is Cn1nc(N2CC(F)(F)C(F)(F)C2)cc1Oc1cc(C#N)ccc1-c1ncc(CCN)cn1. The number of halogens is 4. The van der Waals surface area contributed by atoms with Gasteiger partial charge in [0.2, 0.25) is 5.88 Å². The van der Waals surface area contributed by atoms with E-state index in [1.807, 2.05) is 6.07 Å². The third-order valence-corrected chi connectivity index (χ3v) is 5.17. The second-order valence-electron chi connectivity index (χ2n) is 7.61. The molecule has 0 unspecified atom stereocenters. The Hall–Kier alpha value is -3.72. The fraction of sp³-hybridized carbons (Fsp3) is 0.333. The van der Waals surface area contributed by atoms with E-state index in [4.69, 9.17) is 10.5 Å². The summed E-state index contributed by atoms with van der Waals surface area (Å²) in [4.78, 5) is 9.45. The van der Waals surface area contributed by atoms with Crippen molar-refractivity contribution in [2.24, 2.45) is 12.8 Å². The van der Waals surface area contributed by atoms with Crippen LogP contribution in [0.1, 0.15) is 11.1 Å². The van der Waals surface area contributed by atoms with Crippen molar-refractivity contribution >= 4 is 5.82 Å². The van der Waals surface area contributed by atoms with Crippen molar-refractivity contribution in [2.75, 3.05) is 24.5 Å². The Balaban J connectivity index is 1.65. The average molecular weight is 461 g/mol. The summed E-state index contributed by atoms with van der Waals surface area (Å²) in [6.07, 6.45) is 3.88. The lowest BCUT2D eigenvalue weighted by Gasteiger charge is -2.14. The minimum atomic E-state index is -4.16. The number of benzene rings is 1. The molecular formula is C21H19F4N7O. The molecule has 8 nitrogen and oxygen atoms in total. The quantitative estimate of drug-likeness (QED) is 0.562. The predicted molar refractivity (Wildman–Crippen MR) is 110 cm³/mol. The second-order valence-corrected chi connectivity index (χ2v) is 7.61. The number of ether oxygens (including phenoxy) is 1. The van der Waals surface area contributed by atoms with Crippen molar-refractivity contribution in [2.45, 2.75) is 18.3 Å². The fourth-order valence-electron chi connectivity index (χ4n) is 3.38. The molecule has 0 amide bonds. The molecule has 1 saturated heterocycles. The van der Waals surface area contributed by atoms with Gasteiger partial charge in [0.25, 0.3) is 0 Å². The van der Waals surface area contributed by atoms with Gasteiger partial charge in [-0.25, -0.2) is 14.6 Å². The van der Waals surface area contributed by atoms with Crippen molar-refractivity contribution in [3.8, 4) is 29.1 Å². The number of nitriles is 1. The molecule has 3 heterocycles. The number of nitrogens with two attached hydrogens (primary N) is 1. The molecule has 2 N–H and O–H groups in total. The summed E-state index contributed by atoms with van der Waals surface area (Å²) >= 11 is 0. The van der Waals surface area contributed by atoms with E-state index in [0.717, 1.165) is 10.5 Å². The Labute approximate surface area is 186 Å². The highest BCUT2D eigenvalue weighted by Crippen LogP contribution is 2.43. The summed E-state index contributed by atoms with van der Waals surface area (Å²) in [7, 11) is 1.48. The maximum absolute atomic E-state index is 13.6. The van der Waals surface area contributed by atoms with Crippen LogP contribution in [0.15, 0.2) is 36.7 Å². The highest BCUT2D eigenvalue weighted by atomic mass is 19.3. The Kier molecular flexibility index (Phi) is 5.67. The van der Waals surface area contributed by atoms with Gasteiger partial charge in [-0.2, -0.15) is 27.9 Å². The van der Waals surface area contributed by atoms with Crippen LogP contribution in [0.2, 0.25) is 0 Å². The van der Waals surface area contributed by atoms with Crippen LogP contribution in [-0.2, 0) is 13.5 Å². The van der Waals surface area contributed by atoms with E-state index in [9.17, 15) is 22.8 Å². The van der Waals surface area contributed by atoms with Crippen molar-refractivity contribution in [3.05, 3.63) is 47.8 Å². The fourth-order valence-corrected chi connectivity index (χ4v) is 3.38. The van der Waals surface area contributed by atoms with E-state index in [2.05, 4.69) is 15.1 Å². The molecule has 12 heteroatoms. The molecule has 0 bridgehead atoms. The molecule has 0 spiro atoms. The van der Waals surface area contributed by atoms with Gasteiger partial charge >= 0.3 is 11.8 Å². The van der Waals surface area contributed by atoms with E-state index in [1.54, 1.807) is 24.5 Å². The molecule has 2 aromatic heterocycles. The lowest BCUT2D eigenvalue weighted by atomic mass is 10.1. The third kappa shape index (κ3) is 4.31. The lowest BCUT2D eigenvalue weighted by molar-refractivity contribution is -0.172. The zero-order chi connectivity index (χ0) is 23.8. The van der Waals surface area contributed by atoms with E-state index >= 15 is 0 Å². The number of anilines is 1. The van der Waals surface area contributed by atoms with Crippen LogP contribution >= 0.6 is 0 Å². The number of aryl methyl sites for hydroxylation is 1.